The Labute approximate surface area is 118 Å². The normalized spacial score (nSPS) is 23.6. The fraction of sp³-hybridized carbons (Fsp3) is 0.647. The van der Waals surface area contributed by atoms with E-state index >= 15 is 0 Å². The van der Waals surface area contributed by atoms with Gasteiger partial charge in [-0.1, -0.05) is 17.7 Å². The molecule has 0 aromatic heterocycles. The topological polar surface area (TPSA) is 6.48 Å². The van der Waals surface area contributed by atoms with Crippen LogP contribution in [0.25, 0.3) is 0 Å². The molecule has 106 valence electrons. The van der Waals surface area contributed by atoms with Crippen molar-refractivity contribution in [2.45, 2.75) is 38.6 Å². The van der Waals surface area contributed by atoms with Gasteiger partial charge in [0.25, 0.3) is 0 Å². The molecule has 2 nitrogen and oxygen atoms in total. The third-order valence-electron chi connectivity index (χ3n) is 4.55. The Balaban J connectivity index is 1.83. The van der Waals surface area contributed by atoms with Crippen molar-refractivity contribution >= 4 is 5.69 Å². The fourth-order valence-electron chi connectivity index (χ4n) is 3.14. The van der Waals surface area contributed by atoms with Crippen molar-refractivity contribution in [1.29, 1.82) is 0 Å². The summed E-state index contributed by atoms with van der Waals surface area (Å²) in [7, 11) is 6.65. The predicted octanol–water partition coefficient (Wildman–Crippen LogP) is 3.55. The van der Waals surface area contributed by atoms with Gasteiger partial charge in [0.1, 0.15) is 0 Å². The molecule has 1 saturated carbocycles. The van der Waals surface area contributed by atoms with Gasteiger partial charge in [-0.25, -0.2) is 0 Å². The van der Waals surface area contributed by atoms with Crippen LogP contribution in [0.15, 0.2) is 24.3 Å². The van der Waals surface area contributed by atoms with E-state index < -0.39 is 0 Å². The third kappa shape index (κ3) is 3.97. The molecule has 2 rings (SSSR count). The van der Waals surface area contributed by atoms with E-state index in [1.54, 1.807) is 0 Å². The molecule has 19 heavy (non-hydrogen) atoms. The molecule has 0 aliphatic heterocycles. The van der Waals surface area contributed by atoms with Crippen LogP contribution in [0.1, 0.15) is 31.2 Å². The first-order valence-corrected chi connectivity index (χ1v) is 7.50. The minimum absolute atomic E-state index is 0.806. The van der Waals surface area contributed by atoms with Crippen LogP contribution in [0, 0.1) is 12.8 Å². The molecule has 0 unspecified atom stereocenters. The molecule has 0 spiro atoms. The highest BCUT2D eigenvalue weighted by Crippen LogP contribution is 2.28. The molecular formula is C17H28N2. The Morgan fingerprint density at radius 2 is 1.53 bits per heavy atom. The molecule has 0 amide bonds. The van der Waals surface area contributed by atoms with Gasteiger partial charge in [-0.2, -0.15) is 0 Å². The molecule has 1 aromatic rings. The first kappa shape index (κ1) is 14.4. The molecular weight excluding hydrogens is 232 g/mol. The second-order valence-electron chi connectivity index (χ2n) is 6.35. The summed E-state index contributed by atoms with van der Waals surface area (Å²) in [6.45, 7) is 3.34. The number of rotatable bonds is 4. The average molecular weight is 260 g/mol. The van der Waals surface area contributed by atoms with E-state index in [-0.39, 0.29) is 0 Å². The van der Waals surface area contributed by atoms with E-state index in [1.807, 2.05) is 0 Å². The highest BCUT2D eigenvalue weighted by molar-refractivity contribution is 5.46. The van der Waals surface area contributed by atoms with E-state index in [0.29, 0.717) is 0 Å². The zero-order chi connectivity index (χ0) is 13.8. The van der Waals surface area contributed by atoms with E-state index in [1.165, 1.54) is 43.5 Å². The Morgan fingerprint density at radius 1 is 0.947 bits per heavy atom. The lowest BCUT2D eigenvalue weighted by atomic mass is 9.85. The van der Waals surface area contributed by atoms with E-state index in [0.717, 1.165) is 12.0 Å². The number of aryl methyl sites for hydroxylation is 1. The second kappa shape index (κ2) is 6.42. The predicted molar refractivity (Wildman–Crippen MR) is 83.9 cm³/mol. The quantitative estimate of drug-likeness (QED) is 0.817. The molecule has 0 N–H and O–H groups in total. The number of anilines is 1. The summed E-state index contributed by atoms with van der Waals surface area (Å²) < 4.78 is 0. The van der Waals surface area contributed by atoms with Crippen LogP contribution in [0.4, 0.5) is 5.69 Å². The van der Waals surface area contributed by atoms with Crippen LogP contribution in [0.3, 0.4) is 0 Å². The smallest absolute Gasteiger partial charge is 0.0363 e. The molecule has 2 heteroatoms. The average Bonchev–Trinajstić information content (AvgIpc) is 2.40. The van der Waals surface area contributed by atoms with Crippen LogP contribution in [-0.4, -0.2) is 38.6 Å². The minimum Gasteiger partial charge on any atom is -0.374 e. The fourth-order valence-corrected chi connectivity index (χ4v) is 3.14. The maximum absolute atomic E-state index is 2.42. The molecule has 0 bridgehead atoms. The van der Waals surface area contributed by atoms with Gasteiger partial charge in [-0.3, -0.25) is 0 Å². The first-order chi connectivity index (χ1) is 9.06. The molecule has 0 atom stereocenters. The Hall–Kier alpha value is -1.02. The van der Waals surface area contributed by atoms with Crippen molar-refractivity contribution in [3.63, 3.8) is 0 Å². The third-order valence-corrected chi connectivity index (χ3v) is 4.55. The van der Waals surface area contributed by atoms with E-state index in [9.17, 15) is 0 Å². The van der Waals surface area contributed by atoms with Crippen LogP contribution in [0.5, 0.6) is 0 Å². The van der Waals surface area contributed by atoms with Crippen molar-refractivity contribution in [2.24, 2.45) is 5.92 Å². The van der Waals surface area contributed by atoms with Crippen molar-refractivity contribution < 1.29 is 0 Å². The van der Waals surface area contributed by atoms with Gasteiger partial charge in [0.2, 0.25) is 0 Å². The molecule has 1 aliphatic rings. The lowest BCUT2D eigenvalue weighted by Gasteiger charge is -2.34. The Morgan fingerprint density at radius 3 is 2.05 bits per heavy atom. The molecule has 1 aromatic carbocycles. The summed E-state index contributed by atoms with van der Waals surface area (Å²) in [4.78, 5) is 4.81. The molecule has 1 aliphatic carbocycles. The van der Waals surface area contributed by atoms with E-state index in [4.69, 9.17) is 0 Å². The highest BCUT2D eigenvalue weighted by atomic mass is 15.1. The van der Waals surface area contributed by atoms with Gasteiger partial charge in [-0.15, -0.1) is 0 Å². The lowest BCUT2D eigenvalue weighted by molar-refractivity contribution is 0.195. The summed E-state index contributed by atoms with van der Waals surface area (Å²) in [5, 5.41) is 0. The zero-order valence-corrected chi connectivity index (χ0v) is 12.9. The largest absolute Gasteiger partial charge is 0.374 e. The Kier molecular flexibility index (Phi) is 4.87. The number of nitrogens with zero attached hydrogens (tertiary/aromatic N) is 2. The van der Waals surface area contributed by atoms with Crippen LogP contribution < -0.4 is 4.90 Å². The monoisotopic (exact) mass is 260 g/mol. The van der Waals surface area contributed by atoms with Crippen molar-refractivity contribution in [1.82, 2.24) is 4.90 Å². The van der Waals surface area contributed by atoms with Gasteiger partial charge in [-0.05, 0) is 64.8 Å². The van der Waals surface area contributed by atoms with Gasteiger partial charge in [0.15, 0.2) is 0 Å². The van der Waals surface area contributed by atoms with Gasteiger partial charge in [0.05, 0.1) is 0 Å². The summed E-state index contributed by atoms with van der Waals surface area (Å²) in [6, 6.07) is 9.69. The maximum Gasteiger partial charge on any atom is 0.0363 e. The van der Waals surface area contributed by atoms with Crippen molar-refractivity contribution in [3.05, 3.63) is 29.8 Å². The Bertz CT molecular complexity index is 375. The molecule has 1 fully saturated rings. The number of benzene rings is 1. The SMILES string of the molecule is Cc1ccc(N(C)CC2CCC(N(C)C)CC2)cc1. The first-order valence-electron chi connectivity index (χ1n) is 7.50. The molecule has 0 heterocycles. The number of hydrogen-bond acceptors (Lipinski definition) is 2. The van der Waals surface area contributed by atoms with E-state index in [2.05, 4.69) is 62.1 Å². The molecule has 0 saturated heterocycles. The lowest BCUT2D eigenvalue weighted by Crippen LogP contribution is -2.35. The minimum atomic E-state index is 0.806. The van der Waals surface area contributed by atoms with Crippen LogP contribution in [0.2, 0.25) is 0 Å². The maximum atomic E-state index is 2.42. The summed E-state index contributed by atoms with van der Waals surface area (Å²) in [5.41, 5.74) is 2.68. The van der Waals surface area contributed by atoms with Crippen LogP contribution in [-0.2, 0) is 0 Å². The zero-order valence-electron chi connectivity index (χ0n) is 12.9. The second-order valence-corrected chi connectivity index (χ2v) is 6.35. The van der Waals surface area contributed by atoms with Gasteiger partial charge >= 0.3 is 0 Å². The van der Waals surface area contributed by atoms with Crippen molar-refractivity contribution in [3.8, 4) is 0 Å². The van der Waals surface area contributed by atoms with Crippen molar-refractivity contribution in [2.75, 3.05) is 32.6 Å². The van der Waals surface area contributed by atoms with Gasteiger partial charge in [0, 0.05) is 25.3 Å². The summed E-state index contributed by atoms with van der Waals surface area (Å²) in [5.74, 6) is 0.863. The van der Waals surface area contributed by atoms with Crippen LogP contribution >= 0.6 is 0 Å². The molecule has 0 radical (unpaired) electrons. The standard InChI is InChI=1S/C17H28N2/c1-14-5-9-17(10-6-14)19(4)13-15-7-11-16(12-8-15)18(2)3/h5-6,9-10,15-16H,7-8,11-13H2,1-4H3. The summed E-state index contributed by atoms with van der Waals surface area (Å²) >= 11 is 0. The number of hydrogen-bond donors (Lipinski definition) is 0. The highest BCUT2D eigenvalue weighted by Gasteiger charge is 2.23. The summed E-state index contributed by atoms with van der Waals surface area (Å²) in [6.07, 6.45) is 5.47. The van der Waals surface area contributed by atoms with Gasteiger partial charge < -0.3 is 9.80 Å².